The topological polar surface area (TPSA) is 94.9 Å². The van der Waals surface area contributed by atoms with Crippen LogP contribution in [0, 0.1) is 0 Å². The van der Waals surface area contributed by atoms with Crippen LogP contribution >= 0.6 is 39.5 Å². The molecule has 0 bridgehead atoms. The van der Waals surface area contributed by atoms with Gasteiger partial charge in [0.1, 0.15) is 0 Å². The zero-order chi connectivity index (χ0) is 23.0. The van der Waals surface area contributed by atoms with Crippen molar-refractivity contribution in [2.75, 3.05) is 4.31 Å². The highest BCUT2D eigenvalue weighted by Crippen LogP contribution is 2.59. The fourth-order valence-electron chi connectivity index (χ4n) is 3.81. The predicted molar refractivity (Wildman–Crippen MR) is 131 cm³/mol. The largest absolute Gasteiger partial charge is 0.351 e. The number of hydrogen-bond donors (Lipinski definition) is 2. The molecule has 0 radical (unpaired) electrons. The van der Waals surface area contributed by atoms with Crippen LogP contribution in [0.25, 0.3) is 10.8 Å². The highest BCUT2D eigenvalue weighted by atomic mass is 79.9. The SMILES string of the molecule is CCC(CC)(N(c1cccc2ccccc12)S(=O)(=O)c1cc(Br)cc(Br)c1)P(=O)(O)O. The van der Waals surface area contributed by atoms with Gasteiger partial charge in [0.05, 0.1) is 10.6 Å². The summed E-state index contributed by atoms with van der Waals surface area (Å²) in [6.45, 7) is 3.18. The summed E-state index contributed by atoms with van der Waals surface area (Å²) in [7, 11) is -9.30. The Labute approximate surface area is 198 Å². The third kappa shape index (κ3) is 4.36. The van der Waals surface area contributed by atoms with Crippen molar-refractivity contribution in [3.63, 3.8) is 0 Å². The molecule has 6 nitrogen and oxygen atoms in total. The molecule has 0 amide bonds. The Hall–Kier alpha value is -1.22. The van der Waals surface area contributed by atoms with Crippen molar-refractivity contribution in [3.05, 3.63) is 69.6 Å². The van der Waals surface area contributed by atoms with Crippen molar-refractivity contribution in [2.24, 2.45) is 0 Å². The summed E-state index contributed by atoms with van der Waals surface area (Å²) in [6.07, 6.45) is -0.156. The van der Waals surface area contributed by atoms with Crippen LogP contribution < -0.4 is 4.31 Å². The minimum atomic E-state index is -4.92. The molecule has 0 saturated heterocycles. The minimum absolute atomic E-state index is 0.0780. The third-order valence-corrected chi connectivity index (χ3v) is 10.2. The van der Waals surface area contributed by atoms with E-state index in [9.17, 15) is 22.8 Å². The molecule has 0 saturated carbocycles. The Morgan fingerprint density at radius 3 is 2.03 bits per heavy atom. The zero-order valence-corrected chi connectivity index (χ0v) is 21.7. The molecule has 0 aliphatic heterocycles. The van der Waals surface area contributed by atoms with E-state index in [-0.39, 0.29) is 23.4 Å². The third-order valence-electron chi connectivity index (χ3n) is 5.41. The first kappa shape index (κ1) is 24.4. The Morgan fingerprint density at radius 2 is 1.48 bits per heavy atom. The van der Waals surface area contributed by atoms with E-state index in [1.165, 1.54) is 12.1 Å². The van der Waals surface area contributed by atoms with E-state index in [4.69, 9.17) is 0 Å². The normalized spacial score (nSPS) is 12.8. The van der Waals surface area contributed by atoms with Crippen molar-refractivity contribution in [1.29, 1.82) is 0 Å². The highest BCUT2D eigenvalue weighted by molar-refractivity contribution is 9.11. The average molecular weight is 591 g/mol. The molecule has 3 rings (SSSR count). The molecule has 166 valence electrons. The van der Waals surface area contributed by atoms with Gasteiger partial charge in [0.15, 0.2) is 5.28 Å². The van der Waals surface area contributed by atoms with Crippen LogP contribution in [0.1, 0.15) is 26.7 Å². The number of benzene rings is 3. The fourth-order valence-corrected chi connectivity index (χ4v) is 9.11. The van der Waals surface area contributed by atoms with E-state index >= 15 is 0 Å². The van der Waals surface area contributed by atoms with E-state index in [0.717, 1.165) is 9.69 Å². The molecule has 0 spiro atoms. The lowest BCUT2D eigenvalue weighted by atomic mass is 10.1. The molecule has 0 atom stereocenters. The number of sulfonamides is 1. The second kappa shape index (κ2) is 8.96. The van der Waals surface area contributed by atoms with Crippen molar-refractivity contribution in [1.82, 2.24) is 0 Å². The quantitative estimate of drug-likeness (QED) is 0.317. The number of fused-ring (bicyclic) bond motifs is 1. The average Bonchev–Trinajstić information content (AvgIpc) is 2.70. The van der Waals surface area contributed by atoms with Crippen molar-refractivity contribution >= 4 is 65.9 Å². The lowest BCUT2D eigenvalue weighted by Gasteiger charge is -2.43. The monoisotopic (exact) mass is 589 g/mol. The van der Waals surface area contributed by atoms with Crippen molar-refractivity contribution in [3.8, 4) is 0 Å². The van der Waals surface area contributed by atoms with Gasteiger partial charge in [0.25, 0.3) is 10.0 Å². The molecule has 31 heavy (non-hydrogen) atoms. The zero-order valence-electron chi connectivity index (χ0n) is 16.9. The van der Waals surface area contributed by atoms with Gasteiger partial charge in [-0.1, -0.05) is 82.1 Å². The summed E-state index contributed by atoms with van der Waals surface area (Å²) in [5.41, 5.74) is 0.223. The van der Waals surface area contributed by atoms with E-state index in [1.54, 1.807) is 44.2 Å². The van der Waals surface area contributed by atoms with Crippen LogP contribution in [0.5, 0.6) is 0 Å². The molecule has 3 aromatic carbocycles. The van der Waals surface area contributed by atoms with Gasteiger partial charge < -0.3 is 9.79 Å². The molecular formula is C21H22Br2NO5PS. The predicted octanol–water partition coefficient (Wildman–Crippen LogP) is 6.25. The molecule has 2 N–H and O–H groups in total. The lowest BCUT2D eigenvalue weighted by molar-refractivity contribution is 0.317. The maximum Gasteiger partial charge on any atom is 0.351 e. The van der Waals surface area contributed by atoms with Crippen LogP contribution in [0.15, 0.2) is 74.5 Å². The molecule has 0 aliphatic rings. The number of nitrogens with zero attached hydrogens (tertiary/aromatic N) is 1. The lowest BCUT2D eigenvalue weighted by Crippen LogP contribution is -2.51. The van der Waals surface area contributed by atoms with E-state index in [2.05, 4.69) is 31.9 Å². The van der Waals surface area contributed by atoms with E-state index in [1.807, 2.05) is 18.2 Å². The number of hydrogen-bond acceptors (Lipinski definition) is 3. The second-order valence-electron chi connectivity index (χ2n) is 7.11. The van der Waals surface area contributed by atoms with Crippen LogP contribution in [0.3, 0.4) is 0 Å². The van der Waals surface area contributed by atoms with Crippen LogP contribution in [0.2, 0.25) is 0 Å². The van der Waals surface area contributed by atoms with Gasteiger partial charge in [-0.15, -0.1) is 0 Å². The van der Waals surface area contributed by atoms with Crippen LogP contribution in [0.4, 0.5) is 5.69 Å². The maximum atomic E-state index is 14.0. The Morgan fingerprint density at radius 1 is 0.935 bits per heavy atom. The van der Waals surface area contributed by atoms with Gasteiger partial charge >= 0.3 is 7.60 Å². The van der Waals surface area contributed by atoms with Gasteiger partial charge in [-0.25, -0.2) is 12.7 Å². The molecule has 0 fully saturated rings. The number of rotatable bonds is 7. The van der Waals surface area contributed by atoms with Gasteiger partial charge in [-0.2, -0.15) is 0 Å². The van der Waals surface area contributed by atoms with Crippen LogP contribution in [-0.2, 0) is 14.6 Å². The van der Waals surface area contributed by atoms with Gasteiger partial charge in [0.2, 0.25) is 0 Å². The van der Waals surface area contributed by atoms with Gasteiger partial charge in [-0.3, -0.25) is 4.57 Å². The first-order valence-corrected chi connectivity index (χ1v) is 14.2. The van der Waals surface area contributed by atoms with Crippen molar-refractivity contribution < 1.29 is 22.8 Å². The van der Waals surface area contributed by atoms with E-state index in [0.29, 0.717) is 14.3 Å². The minimum Gasteiger partial charge on any atom is -0.323 e. The number of halogens is 2. The summed E-state index contributed by atoms with van der Waals surface area (Å²) in [6, 6.07) is 16.8. The van der Waals surface area contributed by atoms with Gasteiger partial charge in [-0.05, 0) is 42.5 Å². The molecule has 3 aromatic rings. The summed E-state index contributed by atoms with van der Waals surface area (Å²) in [5.74, 6) is 0. The Kier molecular flexibility index (Phi) is 7.06. The van der Waals surface area contributed by atoms with Gasteiger partial charge in [0, 0.05) is 14.3 Å². The molecule has 0 heterocycles. The first-order chi connectivity index (χ1) is 14.5. The molecule has 0 aromatic heterocycles. The molecule has 0 aliphatic carbocycles. The van der Waals surface area contributed by atoms with Crippen LogP contribution in [-0.4, -0.2) is 23.5 Å². The fraction of sp³-hybridized carbons (Fsp3) is 0.238. The second-order valence-corrected chi connectivity index (χ2v) is 12.6. The number of anilines is 1. The first-order valence-electron chi connectivity index (χ1n) is 9.53. The summed E-state index contributed by atoms with van der Waals surface area (Å²) >= 11 is 6.62. The molecular weight excluding hydrogens is 569 g/mol. The highest BCUT2D eigenvalue weighted by Gasteiger charge is 2.54. The standard InChI is InChI=1S/C21H22Br2NO5PS/c1-3-21(4-2,30(25,26)27)24(20-11-7-9-15-8-5-6-10-19(15)20)31(28,29)18-13-16(22)12-17(23)14-18/h5-14H,3-4H2,1-2H3,(H2,25,26,27). The summed E-state index contributed by atoms with van der Waals surface area (Å²) in [5, 5.41) is -0.602. The molecule has 0 unspecified atom stereocenters. The molecule has 10 heteroatoms. The Bertz CT molecular complexity index is 1250. The van der Waals surface area contributed by atoms with E-state index < -0.39 is 22.9 Å². The Balaban J connectivity index is 2.46. The maximum absolute atomic E-state index is 14.0. The summed E-state index contributed by atoms with van der Waals surface area (Å²) < 4.78 is 42.9. The van der Waals surface area contributed by atoms with Crippen molar-refractivity contribution in [2.45, 2.75) is 36.9 Å². The summed E-state index contributed by atoms with van der Waals surface area (Å²) in [4.78, 5) is 20.8. The smallest absolute Gasteiger partial charge is 0.323 e.